The molecule has 0 saturated heterocycles. The van der Waals surface area contributed by atoms with E-state index in [9.17, 15) is 0 Å². The maximum absolute atomic E-state index is 4.82. The Morgan fingerprint density at radius 3 is 2.50 bits per heavy atom. The van der Waals surface area contributed by atoms with Gasteiger partial charge < -0.3 is 4.84 Å². The fourth-order valence-corrected chi connectivity index (χ4v) is 0.586. The minimum atomic E-state index is 0.206. The van der Waals surface area contributed by atoms with Crippen LogP contribution in [0.25, 0.3) is 0 Å². The Morgan fingerprint density at radius 2 is 2.10 bits per heavy atom. The van der Waals surface area contributed by atoms with E-state index in [0.717, 1.165) is 12.0 Å². The zero-order chi connectivity index (χ0) is 7.40. The summed E-state index contributed by atoms with van der Waals surface area (Å²) in [4.78, 5) is 11.9. The highest BCUT2D eigenvalue weighted by molar-refractivity contribution is 5.06. The highest BCUT2D eigenvalue weighted by atomic mass is 16.6. The van der Waals surface area contributed by atoms with E-state index in [4.69, 9.17) is 5.90 Å². The van der Waals surface area contributed by atoms with Gasteiger partial charge in [-0.15, -0.1) is 0 Å². The van der Waals surface area contributed by atoms with Crippen LogP contribution in [0, 0.1) is 0 Å². The van der Waals surface area contributed by atoms with Crippen molar-refractivity contribution in [2.24, 2.45) is 5.90 Å². The Kier molecular flexibility index (Phi) is 2.17. The summed E-state index contributed by atoms with van der Waals surface area (Å²) in [5.41, 5.74) is 1.07. The van der Waals surface area contributed by atoms with Crippen molar-refractivity contribution >= 4 is 0 Å². The number of nitrogens with two attached hydrogens (primary N) is 1. The van der Waals surface area contributed by atoms with Gasteiger partial charge in [0.05, 0.1) is 0 Å². The summed E-state index contributed by atoms with van der Waals surface area (Å²) < 4.78 is 0. The Hall–Kier alpha value is -1.16. The van der Waals surface area contributed by atoms with Gasteiger partial charge in [0.1, 0.15) is 0 Å². The molecule has 1 rings (SSSR count). The standard InChI is InChI=1S/C6H9N3O/c1-2-5-3-8-6(10-7)9-4-5/h3-4H,2,7H2,1H3. The summed E-state index contributed by atoms with van der Waals surface area (Å²) in [6, 6.07) is 0.206. The quantitative estimate of drug-likeness (QED) is 0.598. The first-order valence-corrected chi connectivity index (χ1v) is 3.04. The Bertz CT molecular complexity index is 174. The van der Waals surface area contributed by atoms with Crippen molar-refractivity contribution in [3.05, 3.63) is 18.0 Å². The van der Waals surface area contributed by atoms with Gasteiger partial charge in [-0.25, -0.2) is 9.97 Å². The van der Waals surface area contributed by atoms with E-state index < -0.39 is 0 Å². The van der Waals surface area contributed by atoms with E-state index in [1.54, 1.807) is 12.4 Å². The van der Waals surface area contributed by atoms with Gasteiger partial charge in [0.15, 0.2) is 0 Å². The second-order valence-electron chi connectivity index (χ2n) is 1.85. The third kappa shape index (κ3) is 1.41. The van der Waals surface area contributed by atoms with Crippen molar-refractivity contribution in [3.63, 3.8) is 0 Å². The Balaban J connectivity index is 2.80. The molecule has 0 spiro atoms. The van der Waals surface area contributed by atoms with E-state index in [2.05, 4.69) is 14.8 Å². The summed E-state index contributed by atoms with van der Waals surface area (Å²) in [6.07, 6.45) is 4.30. The number of rotatable bonds is 2. The zero-order valence-corrected chi connectivity index (χ0v) is 5.74. The predicted molar refractivity (Wildman–Crippen MR) is 36.2 cm³/mol. The van der Waals surface area contributed by atoms with E-state index in [1.165, 1.54) is 0 Å². The Labute approximate surface area is 59.0 Å². The van der Waals surface area contributed by atoms with Gasteiger partial charge in [-0.1, -0.05) is 6.92 Å². The molecule has 1 heterocycles. The second kappa shape index (κ2) is 3.12. The topological polar surface area (TPSA) is 61.0 Å². The van der Waals surface area contributed by atoms with Gasteiger partial charge in [0, 0.05) is 12.4 Å². The molecule has 4 heteroatoms. The molecule has 0 atom stereocenters. The first-order chi connectivity index (χ1) is 4.86. The summed E-state index contributed by atoms with van der Waals surface area (Å²) in [6.45, 7) is 2.03. The lowest BCUT2D eigenvalue weighted by atomic mass is 10.3. The smallest absolute Gasteiger partial charge is 0.335 e. The third-order valence-electron chi connectivity index (χ3n) is 1.20. The molecule has 0 unspecified atom stereocenters. The Morgan fingerprint density at radius 1 is 1.50 bits per heavy atom. The molecule has 1 aromatic heterocycles. The largest absolute Gasteiger partial charge is 0.371 e. The summed E-state index contributed by atoms with van der Waals surface area (Å²) in [7, 11) is 0. The second-order valence-corrected chi connectivity index (χ2v) is 1.85. The van der Waals surface area contributed by atoms with E-state index in [-0.39, 0.29) is 6.01 Å². The first kappa shape index (κ1) is 6.95. The van der Waals surface area contributed by atoms with Crippen molar-refractivity contribution in [2.45, 2.75) is 13.3 Å². The van der Waals surface area contributed by atoms with Gasteiger partial charge in [-0.05, 0) is 12.0 Å². The maximum Gasteiger partial charge on any atom is 0.335 e. The lowest BCUT2D eigenvalue weighted by molar-refractivity contribution is 0.306. The molecule has 1 aromatic rings. The van der Waals surface area contributed by atoms with Crippen LogP contribution in [0.1, 0.15) is 12.5 Å². The highest BCUT2D eigenvalue weighted by Crippen LogP contribution is 2.00. The van der Waals surface area contributed by atoms with E-state index in [1.807, 2.05) is 6.92 Å². The molecule has 0 saturated carbocycles. The SMILES string of the molecule is CCc1cnc(ON)nc1. The molecular weight excluding hydrogens is 130 g/mol. The van der Waals surface area contributed by atoms with Gasteiger partial charge in [0.25, 0.3) is 0 Å². The lowest BCUT2D eigenvalue weighted by Gasteiger charge is -1.95. The van der Waals surface area contributed by atoms with Crippen LogP contribution in [-0.4, -0.2) is 9.97 Å². The number of aromatic nitrogens is 2. The van der Waals surface area contributed by atoms with Crippen molar-refractivity contribution in [1.29, 1.82) is 0 Å². The summed E-state index contributed by atoms with van der Waals surface area (Å²) in [5, 5.41) is 0. The van der Waals surface area contributed by atoms with E-state index >= 15 is 0 Å². The molecule has 2 N–H and O–H groups in total. The number of aryl methyl sites for hydroxylation is 1. The normalized spacial score (nSPS) is 9.40. The van der Waals surface area contributed by atoms with Crippen LogP contribution in [0.2, 0.25) is 0 Å². The molecule has 0 aliphatic carbocycles. The number of nitrogens with zero attached hydrogens (tertiary/aromatic N) is 2. The molecule has 0 aliphatic rings. The molecule has 0 aromatic carbocycles. The predicted octanol–water partition coefficient (Wildman–Crippen LogP) is 0.292. The molecule has 10 heavy (non-hydrogen) atoms. The van der Waals surface area contributed by atoms with Crippen LogP contribution in [0.4, 0.5) is 0 Å². The van der Waals surface area contributed by atoms with Gasteiger partial charge >= 0.3 is 6.01 Å². The number of hydrogen-bond donors (Lipinski definition) is 1. The summed E-state index contributed by atoms with van der Waals surface area (Å²) in [5.74, 6) is 4.82. The van der Waals surface area contributed by atoms with Crippen molar-refractivity contribution in [3.8, 4) is 6.01 Å². The van der Waals surface area contributed by atoms with Crippen LogP contribution in [0.15, 0.2) is 12.4 Å². The minimum absolute atomic E-state index is 0.206. The highest BCUT2D eigenvalue weighted by Gasteiger charge is 1.93. The lowest BCUT2D eigenvalue weighted by Crippen LogP contribution is -2.05. The molecule has 0 bridgehead atoms. The molecular formula is C6H9N3O. The van der Waals surface area contributed by atoms with Crippen LogP contribution < -0.4 is 10.7 Å². The van der Waals surface area contributed by atoms with Gasteiger partial charge in [-0.2, -0.15) is 5.90 Å². The molecule has 0 fully saturated rings. The van der Waals surface area contributed by atoms with Crippen molar-refractivity contribution < 1.29 is 4.84 Å². The molecule has 0 amide bonds. The average Bonchev–Trinajstić information content (AvgIpc) is 2.05. The molecule has 54 valence electrons. The van der Waals surface area contributed by atoms with Crippen LogP contribution in [0.3, 0.4) is 0 Å². The zero-order valence-electron chi connectivity index (χ0n) is 5.74. The first-order valence-electron chi connectivity index (χ1n) is 3.04. The van der Waals surface area contributed by atoms with Crippen LogP contribution in [0.5, 0.6) is 6.01 Å². The van der Waals surface area contributed by atoms with Gasteiger partial charge in [0.2, 0.25) is 0 Å². The molecule has 0 aliphatic heterocycles. The number of hydrogen-bond acceptors (Lipinski definition) is 4. The molecule has 0 radical (unpaired) electrons. The maximum atomic E-state index is 4.82. The van der Waals surface area contributed by atoms with Gasteiger partial charge in [-0.3, -0.25) is 0 Å². The third-order valence-corrected chi connectivity index (χ3v) is 1.20. The minimum Gasteiger partial charge on any atom is -0.371 e. The van der Waals surface area contributed by atoms with Crippen LogP contribution in [-0.2, 0) is 6.42 Å². The fourth-order valence-electron chi connectivity index (χ4n) is 0.586. The van der Waals surface area contributed by atoms with Crippen LogP contribution >= 0.6 is 0 Å². The molecule has 4 nitrogen and oxygen atoms in total. The monoisotopic (exact) mass is 139 g/mol. The fraction of sp³-hybridized carbons (Fsp3) is 0.333. The van der Waals surface area contributed by atoms with E-state index in [0.29, 0.717) is 0 Å². The van der Waals surface area contributed by atoms with Crippen molar-refractivity contribution in [2.75, 3.05) is 0 Å². The van der Waals surface area contributed by atoms with Crippen molar-refractivity contribution in [1.82, 2.24) is 9.97 Å². The average molecular weight is 139 g/mol. The summed E-state index contributed by atoms with van der Waals surface area (Å²) >= 11 is 0.